The van der Waals surface area contributed by atoms with Crippen molar-refractivity contribution in [2.45, 2.75) is 11.8 Å². The number of carbonyl (C=O) groups excluding carboxylic acids is 2. The third-order valence-corrected chi connectivity index (χ3v) is 4.60. The highest BCUT2D eigenvalue weighted by Gasteiger charge is 2.15. The van der Waals surface area contributed by atoms with Crippen LogP contribution in [0, 0.1) is 6.92 Å². The van der Waals surface area contributed by atoms with Crippen LogP contribution in [0.5, 0.6) is 0 Å². The maximum atomic E-state index is 12.1. The quantitative estimate of drug-likeness (QED) is 0.548. The molecule has 1 aromatic carbocycles. The molecule has 136 valence electrons. The molecule has 2 amide bonds. The Balaban J connectivity index is 0.00000529. The van der Waals surface area contributed by atoms with Crippen molar-refractivity contribution in [3.63, 3.8) is 0 Å². The van der Waals surface area contributed by atoms with Gasteiger partial charge in [0.05, 0.1) is 18.0 Å². The minimum Gasteiger partial charge on any atom is -0.346 e. The molecule has 0 atom stereocenters. The molecule has 0 saturated heterocycles. The molecule has 0 bridgehead atoms. The number of hydrogen-bond donors (Lipinski definition) is 3. The monoisotopic (exact) mass is 378 g/mol. The van der Waals surface area contributed by atoms with Crippen molar-refractivity contribution in [2.75, 3.05) is 33.2 Å². The summed E-state index contributed by atoms with van der Waals surface area (Å²) < 4.78 is 26.6. The van der Waals surface area contributed by atoms with Gasteiger partial charge < -0.3 is 16.0 Å². The Kier molecular flexibility index (Phi) is 9.52. The largest absolute Gasteiger partial charge is 0.346 e. The number of hydrogen-bond acceptors (Lipinski definition) is 5. The van der Waals surface area contributed by atoms with E-state index in [2.05, 4.69) is 10.0 Å². The molecule has 24 heavy (non-hydrogen) atoms. The summed E-state index contributed by atoms with van der Waals surface area (Å²) in [5.41, 5.74) is 6.08. The molecular formula is C14H23ClN4O4S. The van der Waals surface area contributed by atoms with Crippen molar-refractivity contribution in [1.82, 2.24) is 14.9 Å². The van der Waals surface area contributed by atoms with Gasteiger partial charge in [0.15, 0.2) is 0 Å². The zero-order valence-corrected chi connectivity index (χ0v) is 15.2. The highest BCUT2D eigenvalue weighted by molar-refractivity contribution is 7.89. The second-order valence-electron chi connectivity index (χ2n) is 5.01. The number of halogens is 1. The Morgan fingerprint density at radius 2 is 1.79 bits per heavy atom. The SMILES string of the molecule is Cc1ccc(S(=O)(=O)NCCN(C)C(=O)CNC(=O)CN)cc1.Cl. The number of likely N-dealkylation sites (N-methyl/N-ethyl adjacent to an activating group) is 1. The van der Waals surface area contributed by atoms with Gasteiger partial charge in [0.25, 0.3) is 0 Å². The fraction of sp³-hybridized carbons (Fsp3) is 0.429. The normalized spacial score (nSPS) is 10.6. The molecule has 0 spiro atoms. The molecule has 4 N–H and O–H groups in total. The molecule has 0 saturated carbocycles. The lowest BCUT2D eigenvalue weighted by Gasteiger charge is -2.17. The standard InChI is InChI=1S/C14H22N4O4S.ClH/c1-11-3-5-12(6-4-11)23(21,22)17-7-8-18(2)14(20)10-16-13(19)9-15;/h3-6,17H,7-10,15H2,1-2H3,(H,16,19);1H. The number of aryl methyl sites for hydroxylation is 1. The van der Waals surface area contributed by atoms with Crippen molar-refractivity contribution in [3.05, 3.63) is 29.8 Å². The maximum Gasteiger partial charge on any atom is 0.241 e. The molecule has 0 fully saturated rings. The number of benzene rings is 1. The third-order valence-electron chi connectivity index (χ3n) is 3.12. The van der Waals surface area contributed by atoms with E-state index in [1.165, 1.54) is 24.1 Å². The number of sulfonamides is 1. The molecule has 0 radical (unpaired) electrons. The van der Waals surface area contributed by atoms with Crippen LogP contribution >= 0.6 is 12.4 Å². The van der Waals surface area contributed by atoms with Gasteiger partial charge in [0.1, 0.15) is 0 Å². The van der Waals surface area contributed by atoms with Crippen LogP contribution in [0.4, 0.5) is 0 Å². The fourth-order valence-electron chi connectivity index (χ4n) is 1.65. The molecule has 0 unspecified atom stereocenters. The molecule has 8 nitrogen and oxygen atoms in total. The molecule has 1 rings (SSSR count). The van der Waals surface area contributed by atoms with E-state index in [0.29, 0.717) is 0 Å². The lowest BCUT2D eigenvalue weighted by molar-refractivity contribution is -0.131. The zero-order chi connectivity index (χ0) is 17.5. The van der Waals surface area contributed by atoms with E-state index in [1.807, 2.05) is 6.92 Å². The third kappa shape index (κ3) is 7.26. The van der Waals surface area contributed by atoms with E-state index < -0.39 is 15.9 Å². The average Bonchev–Trinajstić information content (AvgIpc) is 2.52. The summed E-state index contributed by atoms with van der Waals surface area (Å²) in [7, 11) is -2.08. The number of nitrogens with one attached hydrogen (secondary N) is 2. The van der Waals surface area contributed by atoms with Crippen LogP contribution in [0.25, 0.3) is 0 Å². The number of nitrogens with zero attached hydrogens (tertiary/aromatic N) is 1. The van der Waals surface area contributed by atoms with E-state index in [4.69, 9.17) is 5.73 Å². The number of amides is 2. The van der Waals surface area contributed by atoms with Crippen LogP contribution in [0.2, 0.25) is 0 Å². The van der Waals surface area contributed by atoms with Crippen LogP contribution in [0.3, 0.4) is 0 Å². The second kappa shape index (κ2) is 10.2. The Morgan fingerprint density at radius 3 is 2.33 bits per heavy atom. The molecule has 0 heterocycles. The first-order chi connectivity index (χ1) is 10.8. The van der Waals surface area contributed by atoms with E-state index >= 15 is 0 Å². The summed E-state index contributed by atoms with van der Waals surface area (Å²) in [6.45, 7) is 1.77. The van der Waals surface area contributed by atoms with Gasteiger partial charge in [0.2, 0.25) is 21.8 Å². The van der Waals surface area contributed by atoms with E-state index in [-0.39, 0.29) is 49.4 Å². The van der Waals surface area contributed by atoms with Crippen LogP contribution in [0.15, 0.2) is 29.2 Å². The fourth-order valence-corrected chi connectivity index (χ4v) is 2.68. The summed E-state index contributed by atoms with van der Waals surface area (Å²) in [5, 5.41) is 2.36. The first-order valence-electron chi connectivity index (χ1n) is 7.03. The molecule has 10 heteroatoms. The van der Waals surface area contributed by atoms with E-state index in [0.717, 1.165) is 5.56 Å². The van der Waals surface area contributed by atoms with Crippen molar-refractivity contribution >= 4 is 34.2 Å². The first kappa shape index (κ1) is 22.3. The molecule has 0 aliphatic carbocycles. The predicted octanol–water partition coefficient (Wildman–Crippen LogP) is -0.772. The van der Waals surface area contributed by atoms with Crippen LogP contribution in [-0.2, 0) is 19.6 Å². The summed E-state index contributed by atoms with van der Waals surface area (Å²) in [4.78, 5) is 24.2. The lowest BCUT2D eigenvalue weighted by Crippen LogP contribution is -2.42. The Bertz CT molecular complexity index is 649. The topological polar surface area (TPSA) is 122 Å². The van der Waals surface area contributed by atoms with Crippen molar-refractivity contribution in [2.24, 2.45) is 5.73 Å². The van der Waals surface area contributed by atoms with E-state index in [1.54, 1.807) is 12.1 Å². The molecule has 1 aromatic rings. The highest BCUT2D eigenvalue weighted by Crippen LogP contribution is 2.09. The number of carbonyl (C=O) groups is 2. The summed E-state index contributed by atoms with van der Waals surface area (Å²) in [5.74, 6) is -0.756. The smallest absolute Gasteiger partial charge is 0.241 e. The minimum absolute atomic E-state index is 0. The summed E-state index contributed by atoms with van der Waals surface area (Å²) in [6.07, 6.45) is 0. The van der Waals surface area contributed by atoms with Gasteiger partial charge in [-0.25, -0.2) is 13.1 Å². The summed E-state index contributed by atoms with van der Waals surface area (Å²) >= 11 is 0. The highest BCUT2D eigenvalue weighted by atomic mass is 35.5. The Hall–Kier alpha value is -1.68. The van der Waals surface area contributed by atoms with Crippen molar-refractivity contribution in [1.29, 1.82) is 0 Å². The Morgan fingerprint density at radius 1 is 1.21 bits per heavy atom. The van der Waals surface area contributed by atoms with Crippen molar-refractivity contribution < 1.29 is 18.0 Å². The lowest BCUT2D eigenvalue weighted by atomic mass is 10.2. The van der Waals surface area contributed by atoms with Gasteiger partial charge >= 0.3 is 0 Å². The van der Waals surface area contributed by atoms with Gasteiger partial charge in [-0.05, 0) is 19.1 Å². The van der Waals surface area contributed by atoms with E-state index in [9.17, 15) is 18.0 Å². The maximum absolute atomic E-state index is 12.1. The molecule has 0 aliphatic heterocycles. The molecular weight excluding hydrogens is 356 g/mol. The van der Waals surface area contributed by atoms with Gasteiger partial charge in [-0.2, -0.15) is 0 Å². The molecule has 0 aliphatic rings. The van der Waals surface area contributed by atoms with Crippen molar-refractivity contribution in [3.8, 4) is 0 Å². The average molecular weight is 379 g/mol. The van der Waals surface area contributed by atoms with Gasteiger partial charge in [-0.15, -0.1) is 12.4 Å². The van der Waals surface area contributed by atoms with Gasteiger partial charge in [0, 0.05) is 20.1 Å². The minimum atomic E-state index is -3.60. The van der Waals surface area contributed by atoms with Crippen LogP contribution in [-0.4, -0.2) is 58.4 Å². The zero-order valence-electron chi connectivity index (χ0n) is 13.6. The van der Waals surface area contributed by atoms with Crippen LogP contribution in [0.1, 0.15) is 5.56 Å². The molecule has 0 aromatic heterocycles. The van der Waals surface area contributed by atoms with Gasteiger partial charge in [-0.3, -0.25) is 9.59 Å². The number of nitrogens with two attached hydrogens (primary N) is 1. The predicted molar refractivity (Wildman–Crippen MR) is 93.3 cm³/mol. The Labute approximate surface area is 148 Å². The first-order valence-corrected chi connectivity index (χ1v) is 8.51. The van der Waals surface area contributed by atoms with Gasteiger partial charge in [-0.1, -0.05) is 17.7 Å². The second-order valence-corrected chi connectivity index (χ2v) is 6.77. The number of rotatable bonds is 8. The van der Waals surface area contributed by atoms with Crippen LogP contribution < -0.4 is 15.8 Å². The summed E-state index contributed by atoms with van der Waals surface area (Å²) in [6, 6.07) is 6.47.